The summed E-state index contributed by atoms with van der Waals surface area (Å²) in [6.07, 6.45) is 12.0. The van der Waals surface area contributed by atoms with E-state index in [9.17, 15) is 9.59 Å². The summed E-state index contributed by atoms with van der Waals surface area (Å²) < 4.78 is 4.77. The van der Waals surface area contributed by atoms with Crippen molar-refractivity contribution in [2.24, 2.45) is 16.3 Å². The zero-order valence-electron chi connectivity index (χ0n) is 25.0. The number of rotatable bonds is 6. The molecule has 6 heteroatoms. The van der Waals surface area contributed by atoms with Crippen LogP contribution in [0.3, 0.4) is 0 Å². The molecule has 1 N–H and O–H groups in total. The number of methoxy groups -OCH3 is 1. The number of ether oxygens (including phenoxy) is 1. The van der Waals surface area contributed by atoms with Crippen LogP contribution in [0.25, 0.3) is 16.7 Å². The first-order valence-corrected chi connectivity index (χ1v) is 15.4. The summed E-state index contributed by atoms with van der Waals surface area (Å²) in [4.78, 5) is 32.1. The number of hydrogen-bond acceptors (Lipinski definition) is 4. The number of fused-ring (bicyclic) bond motifs is 1. The van der Waals surface area contributed by atoms with Gasteiger partial charge < -0.3 is 15.0 Å². The number of likely N-dealkylation sites (tertiary alicyclic amines) is 1. The molecule has 6 nitrogen and oxygen atoms in total. The highest BCUT2D eigenvalue weighted by Gasteiger charge is 2.41. The van der Waals surface area contributed by atoms with Gasteiger partial charge in [0, 0.05) is 24.9 Å². The summed E-state index contributed by atoms with van der Waals surface area (Å²) in [6.45, 7) is 6.84. The summed E-state index contributed by atoms with van der Waals surface area (Å²) in [7, 11) is 1.32. The molecule has 1 spiro atoms. The Morgan fingerprint density at radius 1 is 1.00 bits per heavy atom. The predicted molar refractivity (Wildman–Crippen MR) is 164 cm³/mol. The molecule has 2 heterocycles. The van der Waals surface area contributed by atoms with Crippen LogP contribution in [0.1, 0.15) is 81.0 Å². The number of amides is 2. The summed E-state index contributed by atoms with van der Waals surface area (Å²) in [5.41, 5.74) is 11.2. The molecule has 6 rings (SSSR count). The van der Waals surface area contributed by atoms with Crippen molar-refractivity contribution in [1.82, 2.24) is 10.2 Å². The molecule has 1 saturated carbocycles. The van der Waals surface area contributed by atoms with E-state index in [1.54, 1.807) is 11.1 Å². The van der Waals surface area contributed by atoms with Gasteiger partial charge in [-0.15, -0.1) is 0 Å². The first-order valence-electron chi connectivity index (χ1n) is 15.4. The molecule has 0 bridgehead atoms. The van der Waals surface area contributed by atoms with Crippen LogP contribution in [0.4, 0.5) is 4.79 Å². The molecule has 2 fully saturated rings. The quantitative estimate of drug-likeness (QED) is 0.424. The number of nitrogens with one attached hydrogen (secondary N) is 1. The molecule has 2 aliphatic carbocycles. The van der Waals surface area contributed by atoms with E-state index in [2.05, 4.69) is 48.6 Å². The normalized spacial score (nSPS) is 21.7. The van der Waals surface area contributed by atoms with Crippen LogP contribution in [-0.2, 0) is 22.4 Å². The third-order valence-corrected chi connectivity index (χ3v) is 10.1. The molecule has 0 unspecified atom stereocenters. The first-order chi connectivity index (χ1) is 19.8. The van der Waals surface area contributed by atoms with Gasteiger partial charge in [0.2, 0.25) is 5.91 Å². The fourth-order valence-electron chi connectivity index (χ4n) is 7.77. The lowest BCUT2D eigenvalue weighted by Crippen LogP contribution is -2.53. The number of nitrogens with zero attached hydrogens (tertiary/aromatic N) is 2. The Balaban J connectivity index is 1.15. The third kappa shape index (κ3) is 5.22. The van der Waals surface area contributed by atoms with Crippen LogP contribution in [0.2, 0.25) is 0 Å². The van der Waals surface area contributed by atoms with Gasteiger partial charge in [0.1, 0.15) is 6.04 Å². The van der Waals surface area contributed by atoms with Crippen molar-refractivity contribution in [2.75, 3.05) is 13.7 Å². The van der Waals surface area contributed by atoms with Crippen molar-refractivity contribution in [3.8, 4) is 11.1 Å². The second-order valence-electron chi connectivity index (χ2n) is 13.0. The van der Waals surface area contributed by atoms with Crippen LogP contribution >= 0.6 is 0 Å². The van der Waals surface area contributed by atoms with Gasteiger partial charge in [-0.2, -0.15) is 0 Å². The number of carbonyl (C=O) groups is 2. The second kappa shape index (κ2) is 11.1. The molecule has 2 aliphatic heterocycles. The Bertz CT molecular complexity index is 1400. The maximum atomic E-state index is 13.5. The van der Waals surface area contributed by atoms with E-state index < -0.39 is 12.1 Å². The predicted octanol–water partition coefficient (Wildman–Crippen LogP) is 6.88. The van der Waals surface area contributed by atoms with Crippen molar-refractivity contribution >= 4 is 23.3 Å². The number of carbonyl (C=O) groups excluding carboxylic acids is 2. The lowest BCUT2D eigenvalue weighted by molar-refractivity contribution is -0.134. The number of benzene rings is 2. The molecule has 41 heavy (non-hydrogen) atoms. The van der Waals surface area contributed by atoms with Crippen molar-refractivity contribution in [2.45, 2.75) is 90.6 Å². The summed E-state index contributed by atoms with van der Waals surface area (Å²) in [5.74, 6) is -0.0996. The van der Waals surface area contributed by atoms with Gasteiger partial charge in [0.25, 0.3) is 0 Å². The van der Waals surface area contributed by atoms with Crippen molar-refractivity contribution < 1.29 is 14.3 Å². The van der Waals surface area contributed by atoms with E-state index in [0.717, 1.165) is 25.0 Å². The minimum Gasteiger partial charge on any atom is -0.453 e. The van der Waals surface area contributed by atoms with Crippen LogP contribution in [-0.4, -0.2) is 48.4 Å². The number of aryl methyl sites for hydroxylation is 1. The number of alkyl carbamates (subject to hydrolysis) is 1. The first kappa shape index (κ1) is 27.7. The molecule has 0 radical (unpaired) electrons. The van der Waals surface area contributed by atoms with E-state index >= 15 is 0 Å². The Hall–Kier alpha value is -3.41. The van der Waals surface area contributed by atoms with Crippen LogP contribution < -0.4 is 5.32 Å². The van der Waals surface area contributed by atoms with Gasteiger partial charge >= 0.3 is 6.09 Å². The smallest absolute Gasteiger partial charge is 0.407 e. The largest absolute Gasteiger partial charge is 0.453 e. The topological polar surface area (TPSA) is 71.0 Å². The van der Waals surface area contributed by atoms with Crippen LogP contribution in [0.15, 0.2) is 47.6 Å². The number of hydrogen-bond donors (Lipinski definition) is 1. The fourth-order valence-corrected chi connectivity index (χ4v) is 7.77. The van der Waals surface area contributed by atoms with Gasteiger partial charge in [0.15, 0.2) is 0 Å². The molecule has 216 valence electrons. The Morgan fingerprint density at radius 2 is 1.71 bits per heavy atom. The lowest BCUT2D eigenvalue weighted by Gasteiger charge is -2.31. The van der Waals surface area contributed by atoms with E-state index in [1.807, 2.05) is 24.9 Å². The highest BCUT2D eigenvalue weighted by molar-refractivity contribution is 6.03. The van der Waals surface area contributed by atoms with Crippen molar-refractivity contribution in [3.63, 3.8) is 0 Å². The van der Waals surface area contributed by atoms with Gasteiger partial charge in [-0.3, -0.25) is 9.79 Å². The van der Waals surface area contributed by atoms with E-state index in [0.29, 0.717) is 12.0 Å². The monoisotopic (exact) mass is 553 g/mol. The van der Waals surface area contributed by atoms with E-state index in [1.165, 1.54) is 73.5 Å². The Labute approximate surface area is 244 Å². The SMILES string of the molecule is COC(=O)N[C@H](C(=O)N1CCC[C@H]1C1=NC=C(c2ccc(-c3ccc(C)c4c3CC3(CCCC3)C4)cc2)C1)C(C)C. The Morgan fingerprint density at radius 3 is 2.41 bits per heavy atom. The standard InChI is InChI=1S/C35H43N3O3/c1-22(2)32(37-34(40)41-4)33(39)38-17-7-8-31(38)30-18-26(21-36-30)24-10-12-25(13-11-24)27-14-9-23(3)28-19-35(20-29(27)28)15-5-6-16-35/h9-14,21-22,31-32H,5-8,15-20H2,1-4H3,(H,37,40)/t31-,32-/m0/s1. The zero-order valence-corrected chi connectivity index (χ0v) is 25.0. The minimum absolute atomic E-state index is 0.0331. The van der Waals surface area contributed by atoms with Gasteiger partial charge in [-0.25, -0.2) is 4.79 Å². The maximum Gasteiger partial charge on any atom is 0.407 e. The van der Waals surface area contributed by atoms with Gasteiger partial charge in [-0.05, 0) is 95.7 Å². The highest BCUT2D eigenvalue weighted by Crippen LogP contribution is 2.51. The van der Waals surface area contributed by atoms with Gasteiger partial charge in [0.05, 0.1) is 13.2 Å². The molecule has 4 aliphatic rings. The number of aliphatic imine (C=N–C) groups is 1. The van der Waals surface area contributed by atoms with E-state index in [4.69, 9.17) is 9.73 Å². The molecule has 2 aromatic carbocycles. The summed E-state index contributed by atoms with van der Waals surface area (Å²) >= 11 is 0. The molecular formula is C35H43N3O3. The maximum absolute atomic E-state index is 13.5. The van der Waals surface area contributed by atoms with E-state index in [-0.39, 0.29) is 17.9 Å². The summed E-state index contributed by atoms with van der Waals surface area (Å²) in [5, 5.41) is 2.73. The minimum atomic E-state index is -0.614. The molecular weight excluding hydrogens is 510 g/mol. The lowest BCUT2D eigenvalue weighted by atomic mass is 9.83. The average molecular weight is 554 g/mol. The molecule has 2 amide bonds. The van der Waals surface area contributed by atoms with Crippen LogP contribution in [0, 0.1) is 18.3 Å². The second-order valence-corrected chi connectivity index (χ2v) is 13.0. The number of allylic oxidation sites excluding steroid dienone is 1. The summed E-state index contributed by atoms with van der Waals surface area (Å²) in [6, 6.07) is 13.0. The Kier molecular flexibility index (Phi) is 7.52. The third-order valence-electron chi connectivity index (χ3n) is 10.1. The van der Waals surface area contributed by atoms with Crippen molar-refractivity contribution in [1.29, 1.82) is 0 Å². The highest BCUT2D eigenvalue weighted by atomic mass is 16.5. The van der Waals surface area contributed by atoms with Crippen molar-refractivity contribution in [3.05, 3.63) is 64.9 Å². The fraction of sp³-hybridized carbons (Fsp3) is 0.514. The molecule has 2 atom stereocenters. The van der Waals surface area contributed by atoms with Gasteiger partial charge in [-0.1, -0.05) is 63.1 Å². The molecule has 0 aromatic heterocycles. The molecule has 2 aromatic rings. The molecule has 1 saturated heterocycles. The zero-order chi connectivity index (χ0) is 28.7. The average Bonchev–Trinajstić information content (AvgIpc) is 3.78. The van der Waals surface area contributed by atoms with Crippen LogP contribution in [0.5, 0.6) is 0 Å².